The minimum atomic E-state index is -4.57. The molecule has 0 bridgehead atoms. The Balaban J connectivity index is 2.66. The smallest absolute Gasteiger partial charge is 0.416 e. The molecule has 126 valence electrons. The summed E-state index contributed by atoms with van der Waals surface area (Å²) in [7, 11) is 0. The Morgan fingerprint density at radius 1 is 0.833 bits per heavy atom. The minimum Gasteiger partial charge on any atom is -0.426 e. The molecule has 0 unspecified atom stereocenters. The van der Waals surface area contributed by atoms with Gasteiger partial charge in [0.2, 0.25) is 0 Å². The standard InChI is InChI=1S/C17H13F3O4/c1-10(21)23-15-6-4-3-5-13(15)14-9-12(17(18,19)20)7-8-16(14)24-11(2)22/h3-9H,1-2H3. The molecule has 2 aromatic carbocycles. The van der Waals surface area contributed by atoms with E-state index in [2.05, 4.69) is 0 Å². The van der Waals surface area contributed by atoms with Gasteiger partial charge in [-0.25, -0.2) is 0 Å². The monoisotopic (exact) mass is 338 g/mol. The molecular weight excluding hydrogens is 325 g/mol. The van der Waals surface area contributed by atoms with E-state index in [9.17, 15) is 22.8 Å². The molecular formula is C17H13F3O4. The lowest BCUT2D eigenvalue weighted by Crippen LogP contribution is -2.08. The molecule has 0 saturated carbocycles. The summed E-state index contributed by atoms with van der Waals surface area (Å²) in [4.78, 5) is 22.4. The van der Waals surface area contributed by atoms with E-state index in [4.69, 9.17) is 9.47 Å². The van der Waals surface area contributed by atoms with E-state index in [0.29, 0.717) is 0 Å². The fourth-order valence-corrected chi connectivity index (χ4v) is 2.09. The van der Waals surface area contributed by atoms with Gasteiger partial charge in [-0.3, -0.25) is 9.59 Å². The number of ether oxygens (including phenoxy) is 2. The van der Waals surface area contributed by atoms with Gasteiger partial charge in [-0.1, -0.05) is 18.2 Å². The maximum atomic E-state index is 13.0. The average molecular weight is 338 g/mol. The van der Waals surface area contributed by atoms with Gasteiger partial charge in [0.1, 0.15) is 11.5 Å². The molecule has 0 aliphatic heterocycles. The summed E-state index contributed by atoms with van der Waals surface area (Å²) in [5.74, 6) is -1.29. The molecule has 4 nitrogen and oxygen atoms in total. The summed E-state index contributed by atoms with van der Waals surface area (Å²) >= 11 is 0. The molecule has 24 heavy (non-hydrogen) atoms. The molecule has 2 aromatic rings. The third kappa shape index (κ3) is 4.13. The van der Waals surface area contributed by atoms with E-state index >= 15 is 0 Å². The third-order valence-electron chi connectivity index (χ3n) is 2.99. The van der Waals surface area contributed by atoms with E-state index in [-0.39, 0.29) is 22.6 Å². The number of benzene rings is 2. The van der Waals surface area contributed by atoms with Crippen LogP contribution in [0.5, 0.6) is 11.5 Å². The SMILES string of the molecule is CC(=O)Oc1ccccc1-c1cc(C(F)(F)F)ccc1OC(C)=O. The van der Waals surface area contributed by atoms with Crippen LogP contribution in [0.1, 0.15) is 19.4 Å². The van der Waals surface area contributed by atoms with Crippen LogP contribution < -0.4 is 9.47 Å². The molecule has 0 aliphatic carbocycles. The van der Waals surface area contributed by atoms with Gasteiger partial charge in [0, 0.05) is 25.0 Å². The van der Waals surface area contributed by atoms with Crippen LogP contribution in [0, 0.1) is 0 Å². The van der Waals surface area contributed by atoms with Crippen LogP contribution in [0.3, 0.4) is 0 Å². The van der Waals surface area contributed by atoms with E-state index in [0.717, 1.165) is 25.1 Å². The van der Waals surface area contributed by atoms with Gasteiger partial charge in [-0.2, -0.15) is 13.2 Å². The van der Waals surface area contributed by atoms with Crippen LogP contribution in [-0.2, 0) is 15.8 Å². The van der Waals surface area contributed by atoms with Crippen LogP contribution in [-0.4, -0.2) is 11.9 Å². The number of halogens is 3. The molecule has 0 radical (unpaired) electrons. The lowest BCUT2D eigenvalue weighted by Gasteiger charge is -2.15. The van der Waals surface area contributed by atoms with Gasteiger partial charge in [0.15, 0.2) is 0 Å². The summed E-state index contributed by atoms with van der Waals surface area (Å²) in [6.07, 6.45) is -4.57. The van der Waals surface area contributed by atoms with Gasteiger partial charge in [-0.15, -0.1) is 0 Å². The zero-order chi connectivity index (χ0) is 17.9. The largest absolute Gasteiger partial charge is 0.426 e. The number of carbonyl (C=O) groups excluding carboxylic acids is 2. The van der Waals surface area contributed by atoms with Gasteiger partial charge < -0.3 is 9.47 Å². The molecule has 7 heteroatoms. The Labute approximate surface area is 135 Å². The van der Waals surface area contributed by atoms with Crippen molar-refractivity contribution in [3.63, 3.8) is 0 Å². The van der Waals surface area contributed by atoms with Crippen molar-refractivity contribution >= 4 is 11.9 Å². The number of hydrogen-bond acceptors (Lipinski definition) is 4. The summed E-state index contributed by atoms with van der Waals surface area (Å²) < 4.78 is 49.0. The van der Waals surface area contributed by atoms with Crippen molar-refractivity contribution in [2.75, 3.05) is 0 Å². The Hall–Kier alpha value is -2.83. The second-order valence-corrected chi connectivity index (χ2v) is 4.89. The fourth-order valence-electron chi connectivity index (χ4n) is 2.09. The van der Waals surface area contributed by atoms with Crippen LogP contribution >= 0.6 is 0 Å². The second kappa shape index (κ2) is 6.74. The maximum absolute atomic E-state index is 13.0. The summed E-state index contributed by atoms with van der Waals surface area (Å²) in [6.45, 7) is 2.31. The number of rotatable bonds is 3. The van der Waals surface area contributed by atoms with Gasteiger partial charge in [-0.05, 0) is 24.3 Å². The van der Waals surface area contributed by atoms with Crippen LogP contribution in [0.4, 0.5) is 13.2 Å². The first-order valence-electron chi connectivity index (χ1n) is 6.86. The lowest BCUT2D eigenvalue weighted by atomic mass is 10.0. The molecule has 0 aromatic heterocycles. The molecule has 0 N–H and O–H groups in total. The highest BCUT2D eigenvalue weighted by Crippen LogP contribution is 2.40. The topological polar surface area (TPSA) is 52.6 Å². The van der Waals surface area contributed by atoms with Gasteiger partial charge in [0.25, 0.3) is 0 Å². The first-order chi connectivity index (χ1) is 11.2. The van der Waals surface area contributed by atoms with Crippen molar-refractivity contribution in [3.05, 3.63) is 48.0 Å². The van der Waals surface area contributed by atoms with Crippen LogP contribution in [0.15, 0.2) is 42.5 Å². The summed E-state index contributed by atoms with van der Waals surface area (Å²) in [5, 5.41) is 0. The van der Waals surface area contributed by atoms with Crippen molar-refractivity contribution in [2.45, 2.75) is 20.0 Å². The van der Waals surface area contributed by atoms with Crippen LogP contribution in [0.2, 0.25) is 0 Å². The van der Waals surface area contributed by atoms with E-state index in [1.807, 2.05) is 0 Å². The first kappa shape index (κ1) is 17.5. The molecule has 0 fully saturated rings. The quantitative estimate of drug-likeness (QED) is 0.621. The Bertz CT molecular complexity index is 782. The predicted octanol–water partition coefficient (Wildman–Crippen LogP) is 4.22. The normalized spacial score (nSPS) is 11.0. The number of alkyl halides is 3. The summed E-state index contributed by atoms with van der Waals surface area (Å²) in [5.41, 5.74) is -0.710. The molecule has 0 spiro atoms. The van der Waals surface area contributed by atoms with Crippen LogP contribution in [0.25, 0.3) is 11.1 Å². The van der Waals surface area contributed by atoms with Crippen molar-refractivity contribution in [3.8, 4) is 22.6 Å². The Kier molecular flexibility index (Phi) is 4.92. The Morgan fingerprint density at radius 3 is 1.92 bits per heavy atom. The number of carbonyl (C=O) groups is 2. The lowest BCUT2D eigenvalue weighted by molar-refractivity contribution is -0.137. The molecule has 0 atom stereocenters. The number of para-hydroxylation sites is 1. The zero-order valence-electron chi connectivity index (χ0n) is 12.8. The molecule has 0 saturated heterocycles. The number of esters is 2. The summed E-state index contributed by atoms with van der Waals surface area (Å²) in [6, 6.07) is 8.78. The number of hydrogen-bond donors (Lipinski definition) is 0. The highest BCUT2D eigenvalue weighted by atomic mass is 19.4. The average Bonchev–Trinajstić information content (AvgIpc) is 2.46. The minimum absolute atomic E-state index is 0.00289. The molecule has 0 amide bonds. The van der Waals surface area contributed by atoms with Gasteiger partial charge >= 0.3 is 18.1 Å². The van der Waals surface area contributed by atoms with E-state index in [1.165, 1.54) is 19.1 Å². The van der Waals surface area contributed by atoms with Crippen molar-refractivity contribution in [1.82, 2.24) is 0 Å². The molecule has 2 rings (SSSR count). The van der Waals surface area contributed by atoms with E-state index in [1.54, 1.807) is 12.1 Å². The first-order valence-corrected chi connectivity index (χ1v) is 6.86. The zero-order valence-corrected chi connectivity index (χ0v) is 12.8. The highest BCUT2D eigenvalue weighted by molar-refractivity contribution is 5.82. The molecule has 0 heterocycles. The molecule has 0 aliphatic rings. The fraction of sp³-hybridized carbons (Fsp3) is 0.176. The predicted molar refractivity (Wildman–Crippen MR) is 79.5 cm³/mol. The third-order valence-corrected chi connectivity index (χ3v) is 2.99. The van der Waals surface area contributed by atoms with Crippen molar-refractivity contribution < 1.29 is 32.2 Å². The van der Waals surface area contributed by atoms with Crippen molar-refractivity contribution in [2.24, 2.45) is 0 Å². The Morgan fingerprint density at radius 2 is 1.38 bits per heavy atom. The van der Waals surface area contributed by atoms with Gasteiger partial charge in [0.05, 0.1) is 5.56 Å². The second-order valence-electron chi connectivity index (χ2n) is 4.89. The maximum Gasteiger partial charge on any atom is 0.416 e. The highest BCUT2D eigenvalue weighted by Gasteiger charge is 2.31. The van der Waals surface area contributed by atoms with Crippen molar-refractivity contribution in [1.29, 1.82) is 0 Å². The van der Waals surface area contributed by atoms with E-state index < -0.39 is 23.7 Å².